The summed E-state index contributed by atoms with van der Waals surface area (Å²) in [5.74, 6) is 0.0624. The number of ether oxygens (including phenoxy) is 1. The molecule has 1 aromatic carbocycles. The molecule has 0 unspecified atom stereocenters. The maximum absolute atomic E-state index is 11.7. The van der Waals surface area contributed by atoms with Crippen LogP contribution in [0.15, 0.2) is 24.3 Å². The van der Waals surface area contributed by atoms with Gasteiger partial charge in [-0.1, -0.05) is 12.1 Å². The zero-order valence-electron chi connectivity index (χ0n) is 11.2. The molecule has 1 fully saturated rings. The third-order valence-corrected chi connectivity index (χ3v) is 3.48. The molecule has 0 amide bonds. The van der Waals surface area contributed by atoms with E-state index in [0.717, 1.165) is 25.9 Å². The van der Waals surface area contributed by atoms with Crippen molar-refractivity contribution in [3.05, 3.63) is 29.8 Å². The van der Waals surface area contributed by atoms with Crippen LogP contribution in [0.4, 0.5) is 5.69 Å². The van der Waals surface area contributed by atoms with Crippen molar-refractivity contribution in [3.8, 4) is 0 Å². The minimum atomic E-state index is -0.0265. The van der Waals surface area contributed by atoms with Gasteiger partial charge in [0.25, 0.3) is 0 Å². The molecule has 1 aromatic rings. The standard InChI is InChI=1S/C15H21NO2/c1-3-18-15(17)13-7-9-16(10-8-13)14-6-4-5-12(2)11-14/h4-6,11,13H,3,7-10H2,1-2H3. The summed E-state index contributed by atoms with van der Waals surface area (Å²) in [4.78, 5) is 14.0. The van der Waals surface area contributed by atoms with Gasteiger partial charge in [0.05, 0.1) is 12.5 Å². The number of hydrogen-bond acceptors (Lipinski definition) is 3. The van der Waals surface area contributed by atoms with Gasteiger partial charge in [-0.15, -0.1) is 0 Å². The van der Waals surface area contributed by atoms with Gasteiger partial charge in [0.15, 0.2) is 0 Å². The molecule has 0 saturated carbocycles. The van der Waals surface area contributed by atoms with Crippen LogP contribution >= 0.6 is 0 Å². The highest BCUT2D eigenvalue weighted by molar-refractivity contribution is 5.72. The number of hydrogen-bond donors (Lipinski definition) is 0. The largest absolute Gasteiger partial charge is 0.466 e. The second kappa shape index (κ2) is 5.89. The van der Waals surface area contributed by atoms with Crippen LogP contribution in [0.2, 0.25) is 0 Å². The first kappa shape index (κ1) is 12.9. The monoisotopic (exact) mass is 247 g/mol. The third kappa shape index (κ3) is 3.03. The van der Waals surface area contributed by atoms with Crippen molar-refractivity contribution in [1.82, 2.24) is 0 Å². The molecule has 0 bridgehead atoms. The van der Waals surface area contributed by atoms with Gasteiger partial charge in [-0.05, 0) is 44.4 Å². The molecule has 0 spiro atoms. The van der Waals surface area contributed by atoms with E-state index in [1.807, 2.05) is 6.92 Å². The molecule has 3 nitrogen and oxygen atoms in total. The van der Waals surface area contributed by atoms with Crippen LogP contribution in [0.1, 0.15) is 25.3 Å². The summed E-state index contributed by atoms with van der Waals surface area (Å²) in [6, 6.07) is 8.53. The Morgan fingerprint density at radius 2 is 2.11 bits per heavy atom. The Balaban J connectivity index is 1.92. The van der Waals surface area contributed by atoms with Gasteiger partial charge < -0.3 is 9.64 Å². The molecular formula is C15H21NO2. The summed E-state index contributed by atoms with van der Waals surface area (Å²) < 4.78 is 5.08. The summed E-state index contributed by atoms with van der Waals surface area (Å²) >= 11 is 0. The number of carbonyl (C=O) groups excluding carboxylic acids is 1. The second-order valence-corrected chi connectivity index (χ2v) is 4.85. The number of carbonyl (C=O) groups is 1. The molecule has 1 saturated heterocycles. The number of esters is 1. The molecular weight excluding hydrogens is 226 g/mol. The van der Waals surface area contributed by atoms with Crippen molar-refractivity contribution in [2.75, 3.05) is 24.6 Å². The Morgan fingerprint density at radius 3 is 2.72 bits per heavy atom. The minimum absolute atomic E-state index is 0.0265. The fourth-order valence-corrected chi connectivity index (χ4v) is 2.46. The number of piperidine rings is 1. The van der Waals surface area contributed by atoms with Crippen molar-refractivity contribution in [3.63, 3.8) is 0 Å². The van der Waals surface area contributed by atoms with E-state index in [1.54, 1.807) is 0 Å². The normalized spacial score (nSPS) is 16.7. The zero-order chi connectivity index (χ0) is 13.0. The summed E-state index contributed by atoms with van der Waals surface area (Å²) in [6.45, 7) is 6.32. The first-order valence-corrected chi connectivity index (χ1v) is 6.69. The Bertz CT molecular complexity index is 409. The summed E-state index contributed by atoms with van der Waals surface area (Å²) in [5, 5.41) is 0. The quantitative estimate of drug-likeness (QED) is 0.769. The van der Waals surface area contributed by atoms with Crippen molar-refractivity contribution in [2.24, 2.45) is 5.92 Å². The zero-order valence-corrected chi connectivity index (χ0v) is 11.2. The van der Waals surface area contributed by atoms with Crippen LogP contribution in [-0.2, 0) is 9.53 Å². The molecule has 1 aliphatic heterocycles. The average molecular weight is 247 g/mol. The number of aryl methyl sites for hydroxylation is 1. The smallest absolute Gasteiger partial charge is 0.309 e. The fraction of sp³-hybridized carbons (Fsp3) is 0.533. The van der Waals surface area contributed by atoms with Crippen molar-refractivity contribution >= 4 is 11.7 Å². The van der Waals surface area contributed by atoms with Gasteiger partial charge in [0, 0.05) is 18.8 Å². The van der Waals surface area contributed by atoms with Crippen molar-refractivity contribution < 1.29 is 9.53 Å². The number of benzene rings is 1. The molecule has 18 heavy (non-hydrogen) atoms. The molecule has 1 aliphatic rings. The van der Waals surface area contributed by atoms with Gasteiger partial charge in [-0.25, -0.2) is 0 Å². The maximum atomic E-state index is 11.7. The first-order valence-electron chi connectivity index (χ1n) is 6.69. The Kier molecular flexibility index (Phi) is 4.24. The SMILES string of the molecule is CCOC(=O)C1CCN(c2cccc(C)c2)CC1. The predicted molar refractivity (Wildman–Crippen MR) is 72.7 cm³/mol. The lowest BCUT2D eigenvalue weighted by molar-refractivity contribution is -0.148. The molecule has 0 N–H and O–H groups in total. The van der Waals surface area contributed by atoms with Crippen LogP contribution in [0.5, 0.6) is 0 Å². The molecule has 0 atom stereocenters. The summed E-state index contributed by atoms with van der Waals surface area (Å²) in [7, 11) is 0. The molecule has 0 aromatic heterocycles. The van der Waals surface area contributed by atoms with E-state index in [4.69, 9.17) is 4.74 Å². The molecule has 2 rings (SSSR count). The number of rotatable bonds is 3. The van der Waals surface area contributed by atoms with Gasteiger partial charge in [-0.3, -0.25) is 4.79 Å². The maximum Gasteiger partial charge on any atom is 0.309 e. The molecule has 98 valence electrons. The lowest BCUT2D eigenvalue weighted by Crippen LogP contribution is -2.36. The van der Waals surface area contributed by atoms with E-state index in [1.165, 1.54) is 11.3 Å². The van der Waals surface area contributed by atoms with E-state index in [9.17, 15) is 4.79 Å². The van der Waals surface area contributed by atoms with Crippen LogP contribution in [0.25, 0.3) is 0 Å². The predicted octanol–water partition coefficient (Wildman–Crippen LogP) is 2.77. The van der Waals surface area contributed by atoms with Gasteiger partial charge >= 0.3 is 5.97 Å². The van der Waals surface area contributed by atoms with E-state index >= 15 is 0 Å². The Hall–Kier alpha value is -1.51. The molecule has 1 heterocycles. The lowest BCUT2D eigenvalue weighted by atomic mass is 9.96. The van der Waals surface area contributed by atoms with Crippen molar-refractivity contribution in [2.45, 2.75) is 26.7 Å². The van der Waals surface area contributed by atoms with Gasteiger partial charge in [-0.2, -0.15) is 0 Å². The van der Waals surface area contributed by atoms with Gasteiger partial charge in [0.2, 0.25) is 0 Å². The van der Waals surface area contributed by atoms with Crippen LogP contribution in [0, 0.1) is 12.8 Å². The fourth-order valence-electron chi connectivity index (χ4n) is 2.46. The van der Waals surface area contributed by atoms with Crippen LogP contribution in [-0.4, -0.2) is 25.7 Å². The molecule has 3 heteroatoms. The highest BCUT2D eigenvalue weighted by atomic mass is 16.5. The Morgan fingerprint density at radius 1 is 1.39 bits per heavy atom. The third-order valence-electron chi connectivity index (χ3n) is 3.48. The number of anilines is 1. The van der Waals surface area contributed by atoms with Gasteiger partial charge in [0.1, 0.15) is 0 Å². The average Bonchev–Trinajstić information content (AvgIpc) is 2.39. The first-order chi connectivity index (χ1) is 8.70. The van der Waals surface area contributed by atoms with Crippen LogP contribution < -0.4 is 4.90 Å². The highest BCUT2D eigenvalue weighted by Gasteiger charge is 2.25. The Labute approximate surface area is 109 Å². The minimum Gasteiger partial charge on any atom is -0.466 e. The molecule has 0 radical (unpaired) electrons. The number of nitrogens with zero attached hydrogens (tertiary/aromatic N) is 1. The summed E-state index contributed by atoms with van der Waals surface area (Å²) in [6.07, 6.45) is 1.79. The van der Waals surface area contributed by atoms with E-state index in [0.29, 0.717) is 6.61 Å². The highest BCUT2D eigenvalue weighted by Crippen LogP contribution is 2.24. The van der Waals surface area contributed by atoms with E-state index < -0.39 is 0 Å². The lowest BCUT2D eigenvalue weighted by Gasteiger charge is -2.32. The van der Waals surface area contributed by atoms with Crippen LogP contribution in [0.3, 0.4) is 0 Å². The second-order valence-electron chi connectivity index (χ2n) is 4.85. The molecule has 0 aliphatic carbocycles. The van der Waals surface area contributed by atoms with E-state index in [2.05, 4.69) is 36.1 Å². The van der Waals surface area contributed by atoms with E-state index in [-0.39, 0.29) is 11.9 Å². The van der Waals surface area contributed by atoms with Crippen molar-refractivity contribution in [1.29, 1.82) is 0 Å². The topological polar surface area (TPSA) is 29.5 Å². The summed E-state index contributed by atoms with van der Waals surface area (Å²) in [5.41, 5.74) is 2.54.